The average molecular weight is 305 g/mol. The molecule has 0 spiro atoms. The number of aliphatic hydroxyl groups is 2. The summed E-state index contributed by atoms with van der Waals surface area (Å²) >= 11 is 0. The molecule has 4 nitrogen and oxygen atoms in total. The predicted octanol–water partition coefficient (Wildman–Crippen LogP) is 1.85. The molecule has 21 heavy (non-hydrogen) atoms. The van der Waals surface area contributed by atoms with Gasteiger partial charge in [-0.1, -0.05) is 0 Å². The lowest BCUT2D eigenvalue weighted by Gasteiger charge is -2.37. The lowest BCUT2D eigenvalue weighted by molar-refractivity contribution is -0.927. The van der Waals surface area contributed by atoms with Gasteiger partial charge in [0.1, 0.15) is 13.1 Å². The Morgan fingerprint density at radius 1 is 0.524 bits per heavy atom. The number of likely N-dealkylation sites (N-methyl/N-ethyl adjacent to an activating group) is 2. The predicted molar refractivity (Wildman–Crippen MR) is 90.2 cm³/mol. The Morgan fingerprint density at radius 2 is 0.857 bits per heavy atom. The summed E-state index contributed by atoms with van der Waals surface area (Å²) in [6.45, 7) is 18.1. The number of nitrogens with zero attached hydrogens (tertiary/aromatic N) is 2. The van der Waals surface area contributed by atoms with Crippen molar-refractivity contribution in [2.45, 2.75) is 47.0 Å². The van der Waals surface area contributed by atoms with Crippen LogP contribution in [-0.4, -0.2) is 84.8 Å². The molecular weight excluding hydrogens is 264 g/mol. The lowest BCUT2D eigenvalue weighted by Crippen LogP contribution is -2.51. The molecule has 0 aliphatic heterocycles. The fourth-order valence-electron chi connectivity index (χ4n) is 3.43. The van der Waals surface area contributed by atoms with Gasteiger partial charge in [0.25, 0.3) is 0 Å². The molecule has 0 aromatic carbocycles. The molecule has 0 rings (SSSR count). The lowest BCUT2D eigenvalue weighted by atomic mass is 10.1. The molecule has 0 saturated carbocycles. The van der Waals surface area contributed by atoms with E-state index < -0.39 is 0 Å². The molecule has 0 saturated heterocycles. The molecule has 4 heteroatoms. The molecule has 2 N–H and O–H groups in total. The van der Waals surface area contributed by atoms with Crippen LogP contribution in [0.1, 0.15) is 47.0 Å². The third-order valence-electron chi connectivity index (χ3n) is 5.60. The summed E-state index contributed by atoms with van der Waals surface area (Å²) in [6.07, 6.45) is 3.75. The van der Waals surface area contributed by atoms with E-state index in [9.17, 15) is 10.2 Å². The first-order chi connectivity index (χ1) is 10.1. The molecule has 0 atom stereocenters. The van der Waals surface area contributed by atoms with Crippen LogP contribution in [0.15, 0.2) is 0 Å². The number of hydrogen-bond donors (Lipinski definition) is 2. The summed E-state index contributed by atoms with van der Waals surface area (Å²) < 4.78 is 2.10. The zero-order valence-corrected chi connectivity index (χ0v) is 15.0. The monoisotopic (exact) mass is 304 g/mol. The molecule has 0 fully saturated rings. The molecule has 0 bridgehead atoms. The highest BCUT2D eigenvalue weighted by Gasteiger charge is 2.23. The zero-order valence-electron chi connectivity index (χ0n) is 15.0. The number of rotatable bonds is 14. The fraction of sp³-hybridized carbons (Fsp3) is 1.00. The first-order valence-corrected chi connectivity index (χ1v) is 8.99. The van der Waals surface area contributed by atoms with Crippen molar-refractivity contribution < 1.29 is 19.2 Å². The minimum Gasteiger partial charge on any atom is -0.391 e. The van der Waals surface area contributed by atoms with Crippen molar-refractivity contribution >= 4 is 0 Å². The first-order valence-electron chi connectivity index (χ1n) is 8.99. The number of hydrogen-bond acceptors (Lipinski definition) is 2. The van der Waals surface area contributed by atoms with E-state index in [1.54, 1.807) is 0 Å². The van der Waals surface area contributed by atoms with Crippen LogP contribution < -0.4 is 0 Å². The summed E-state index contributed by atoms with van der Waals surface area (Å²) in [6, 6.07) is 0. The van der Waals surface area contributed by atoms with Crippen LogP contribution in [-0.2, 0) is 0 Å². The molecule has 0 unspecified atom stereocenters. The number of aliphatic hydroxyl groups excluding tert-OH is 2. The van der Waals surface area contributed by atoms with Crippen molar-refractivity contribution in [1.82, 2.24) is 0 Å². The van der Waals surface area contributed by atoms with E-state index in [1.807, 2.05) is 0 Å². The van der Waals surface area contributed by atoms with E-state index in [-0.39, 0.29) is 0 Å². The summed E-state index contributed by atoms with van der Waals surface area (Å²) in [4.78, 5) is 0. The van der Waals surface area contributed by atoms with E-state index >= 15 is 0 Å². The molecule has 0 aliphatic carbocycles. The van der Waals surface area contributed by atoms with Gasteiger partial charge in [-0.25, -0.2) is 0 Å². The summed E-state index contributed by atoms with van der Waals surface area (Å²) in [5.74, 6) is 0. The second-order valence-corrected chi connectivity index (χ2v) is 6.35. The minimum absolute atomic E-state index is 0.295. The van der Waals surface area contributed by atoms with Gasteiger partial charge in [-0.2, -0.15) is 0 Å². The third kappa shape index (κ3) is 7.09. The Bertz CT molecular complexity index is 215. The highest BCUT2D eigenvalue weighted by atomic mass is 16.3. The maximum atomic E-state index is 9.25. The molecule has 0 amide bonds. The SMILES string of the molecule is CC[N+](CC)(CCO)CCCCC[N+](CC)(CC)CCO. The van der Waals surface area contributed by atoms with Crippen LogP contribution in [0, 0.1) is 0 Å². The summed E-state index contributed by atoms with van der Waals surface area (Å²) in [5, 5.41) is 18.5. The normalized spacial score (nSPS) is 12.9. The fourth-order valence-corrected chi connectivity index (χ4v) is 3.43. The van der Waals surface area contributed by atoms with Gasteiger partial charge in [-0.05, 0) is 47.0 Å². The van der Waals surface area contributed by atoms with Crippen molar-refractivity contribution in [1.29, 1.82) is 0 Å². The van der Waals surface area contributed by atoms with E-state index in [4.69, 9.17) is 0 Å². The Hall–Kier alpha value is -0.160. The van der Waals surface area contributed by atoms with Gasteiger partial charge in [-0.3, -0.25) is 0 Å². The van der Waals surface area contributed by atoms with Crippen molar-refractivity contribution in [3.05, 3.63) is 0 Å². The largest absolute Gasteiger partial charge is 0.391 e. The molecule has 128 valence electrons. The Labute approximate surface area is 132 Å². The standard InChI is InChI=1S/C17H40N2O2/c1-5-18(6-2,14-16-20)12-10-9-11-13-19(7-3,8-4)15-17-21/h20-21H,5-17H2,1-4H3/q+2. The summed E-state index contributed by atoms with van der Waals surface area (Å²) in [5.41, 5.74) is 0. The molecular formula is C17H40N2O2+2. The van der Waals surface area contributed by atoms with Gasteiger partial charge in [0, 0.05) is 0 Å². The van der Waals surface area contributed by atoms with Crippen molar-refractivity contribution in [3.63, 3.8) is 0 Å². The second-order valence-electron chi connectivity index (χ2n) is 6.35. The molecule has 0 heterocycles. The Morgan fingerprint density at radius 3 is 1.10 bits per heavy atom. The van der Waals surface area contributed by atoms with Gasteiger partial charge in [0.15, 0.2) is 0 Å². The quantitative estimate of drug-likeness (QED) is 0.380. The second kappa shape index (κ2) is 11.4. The third-order valence-corrected chi connectivity index (χ3v) is 5.60. The van der Waals surface area contributed by atoms with E-state index in [0.717, 1.165) is 48.2 Å². The maximum Gasteiger partial charge on any atom is 0.102 e. The van der Waals surface area contributed by atoms with Gasteiger partial charge >= 0.3 is 0 Å². The number of unbranched alkanes of at least 4 members (excludes halogenated alkanes) is 2. The van der Waals surface area contributed by atoms with Gasteiger partial charge < -0.3 is 19.2 Å². The van der Waals surface area contributed by atoms with Crippen LogP contribution in [0.2, 0.25) is 0 Å². The minimum atomic E-state index is 0.295. The zero-order chi connectivity index (χ0) is 16.2. The molecule has 0 aromatic heterocycles. The highest BCUT2D eigenvalue weighted by Crippen LogP contribution is 2.13. The molecule has 0 radical (unpaired) electrons. The Balaban J connectivity index is 4.13. The van der Waals surface area contributed by atoms with Crippen LogP contribution in [0.5, 0.6) is 0 Å². The highest BCUT2D eigenvalue weighted by molar-refractivity contribution is 4.48. The molecule has 0 aromatic rings. The van der Waals surface area contributed by atoms with Crippen molar-refractivity contribution in [2.75, 3.05) is 65.6 Å². The smallest absolute Gasteiger partial charge is 0.102 e. The molecule has 0 aliphatic rings. The summed E-state index contributed by atoms with van der Waals surface area (Å²) in [7, 11) is 0. The average Bonchev–Trinajstić information content (AvgIpc) is 2.52. The van der Waals surface area contributed by atoms with Crippen LogP contribution in [0.3, 0.4) is 0 Å². The van der Waals surface area contributed by atoms with E-state index in [0.29, 0.717) is 13.2 Å². The van der Waals surface area contributed by atoms with Gasteiger partial charge in [0.05, 0.1) is 52.5 Å². The first kappa shape index (κ1) is 20.8. The van der Waals surface area contributed by atoms with E-state index in [1.165, 1.54) is 32.4 Å². The van der Waals surface area contributed by atoms with Gasteiger partial charge in [-0.15, -0.1) is 0 Å². The van der Waals surface area contributed by atoms with Crippen LogP contribution in [0.25, 0.3) is 0 Å². The Kier molecular flexibility index (Phi) is 11.3. The number of quaternary nitrogens is 2. The van der Waals surface area contributed by atoms with Crippen LogP contribution in [0.4, 0.5) is 0 Å². The topological polar surface area (TPSA) is 40.5 Å². The van der Waals surface area contributed by atoms with Gasteiger partial charge in [0.2, 0.25) is 0 Å². The van der Waals surface area contributed by atoms with Crippen molar-refractivity contribution in [2.24, 2.45) is 0 Å². The van der Waals surface area contributed by atoms with E-state index in [2.05, 4.69) is 27.7 Å². The van der Waals surface area contributed by atoms with Crippen molar-refractivity contribution in [3.8, 4) is 0 Å². The van der Waals surface area contributed by atoms with Crippen LogP contribution >= 0.6 is 0 Å². The maximum absolute atomic E-state index is 9.25.